The summed E-state index contributed by atoms with van der Waals surface area (Å²) in [7, 11) is 1.56. The molecule has 3 N–H and O–H groups in total. The van der Waals surface area contributed by atoms with Crippen LogP contribution in [0.2, 0.25) is 5.02 Å². The molecule has 24 heavy (non-hydrogen) atoms. The lowest BCUT2D eigenvalue weighted by molar-refractivity contribution is -0.123. The average Bonchev–Trinajstić information content (AvgIpc) is 2.62. The number of hydrogen-bond donors (Lipinski definition) is 2. The number of nitrogens with zero attached hydrogens (tertiary/aromatic N) is 1. The molecule has 0 saturated carbocycles. The van der Waals surface area contributed by atoms with Gasteiger partial charge in [0.1, 0.15) is 0 Å². The Balaban J connectivity index is 2.03. The molecule has 1 aromatic carbocycles. The van der Waals surface area contributed by atoms with E-state index in [1.54, 1.807) is 7.11 Å². The number of rotatable bonds is 8. The van der Waals surface area contributed by atoms with Crippen LogP contribution in [0.15, 0.2) is 24.3 Å². The molecule has 0 aromatic heterocycles. The van der Waals surface area contributed by atoms with Crippen LogP contribution in [0.3, 0.4) is 0 Å². The third kappa shape index (κ3) is 5.43. The van der Waals surface area contributed by atoms with E-state index in [0.29, 0.717) is 31.3 Å². The Hall–Kier alpha value is -1.18. The van der Waals surface area contributed by atoms with E-state index < -0.39 is 0 Å². The summed E-state index contributed by atoms with van der Waals surface area (Å²) in [6, 6.07) is 7.77. The van der Waals surface area contributed by atoms with Gasteiger partial charge in [0.2, 0.25) is 5.91 Å². The number of nitrogens with two attached hydrogens (primary N) is 1. The highest BCUT2D eigenvalue weighted by Gasteiger charge is 2.25. The number of nitrogens with one attached hydrogen (secondary N) is 1. The zero-order valence-corrected chi connectivity index (χ0v) is 14.8. The van der Waals surface area contributed by atoms with Gasteiger partial charge in [-0.15, -0.1) is 0 Å². The lowest BCUT2D eigenvalue weighted by Crippen LogP contribution is -2.44. The number of methoxy groups -OCH3 is 1. The number of halogens is 1. The molecule has 7 heteroatoms. The Bertz CT molecular complexity index is 520. The first kappa shape index (κ1) is 19.1. The normalized spacial score (nSPS) is 18.1. The second-order valence-corrected chi connectivity index (χ2v) is 6.19. The molecule has 0 bridgehead atoms. The summed E-state index contributed by atoms with van der Waals surface area (Å²) in [5, 5.41) is 3.70. The number of carbonyl (C=O) groups is 1. The van der Waals surface area contributed by atoms with Crippen molar-refractivity contribution >= 4 is 17.5 Å². The largest absolute Gasteiger partial charge is 0.380 e. The lowest BCUT2D eigenvalue weighted by atomic mass is 10.0. The molecule has 2 rings (SSSR count). The Kier molecular flexibility index (Phi) is 7.94. The Morgan fingerprint density at radius 2 is 2.12 bits per heavy atom. The molecule has 1 heterocycles. The SMILES string of the molecule is COC(CN)CC(=O)NCC(c1ccccc1Cl)N1CCOCC1. The number of morpholine rings is 1. The highest BCUT2D eigenvalue weighted by atomic mass is 35.5. The van der Waals surface area contributed by atoms with Crippen molar-refractivity contribution in [1.29, 1.82) is 0 Å². The molecule has 1 fully saturated rings. The number of carbonyl (C=O) groups excluding carboxylic acids is 1. The molecule has 6 nitrogen and oxygen atoms in total. The molecule has 1 aromatic rings. The Morgan fingerprint density at radius 1 is 1.42 bits per heavy atom. The van der Waals surface area contributed by atoms with Gasteiger partial charge >= 0.3 is 0 Å². The summed E-state index contributed by atoms with van der Waals surface area (Å²) in [5.41, 5.74) is 6.59. The van der Waals surface area contributed by atoms with E-state index in [2.05, 4.69) is 10.2 Å². The van der Waals surface area contributed by atoms with Crippen LogP contribution in [0.25, 0.3) is 0 Å². The predicted molar refractivity (Wildman–Crippen MR) is 94.1 cm³/mol. The van der Waals surface area contributed by atoms with Gasteiger partial charge in [-0.05, 0) is 11.6 Å². The minimum Gasteiger partial charge on any atom is -0.380 e. The van der Waals surface area contributed by atoms with E-state index in [1.807, 2.05) is 24.3 Å². The zero-order valence-electron chi connectivity index (χ0n) is 14.0. The van der Waals surface area contributed by atoms with Crippen molar-refractivity contribution in [2.75, 3.05) is 46.5 Å². The van der Waals surface area contributed by atoms with Crippen molar-refractivity contribution in [3.8, 4) is 0 Å². The van der Waals surface area contributed by atoms with Gasteiger partial charge in [0, 0.05) is 38.3 Å². The molecule has 1 aliphatic heterocycles. The number of ether oxygens (including phenoxy) is 2. The fraction of sp³-hybridized carbons (Fsp3) is 0.588. The smallest absolute Gasteiger partial charge is 0.222 e. The van der Waals surface area contributed by atoms with E-state index in [0.717, 1.165) is 18.7 Å². The van der Waals surface area contributed by atoms with Gasteiger partial charge in [0.15, 0.2) is 0 Å². The Morgan fingerprint density at radius 3 is 2.75 bits per heavy atom. The van der Waals surface area contributed by atoms with E-state index in [-0.39, 0.29) is 24.5 Å². The summed E-state index contributed by atoms with van der Waals surface area (Å²) in [5.74, 6) is -0.0717. The van der Waals surface area contributed by atoms with Crippen LogP contribution in [-0.4, -0.2) is 63.4 Å². The first-order valence-corrected chi connectivity index (χ1v) is 8.59. The van der Waals surface area contributed by atoms with Gasteiger partial charge in [0.05, 0.1) is 31.8 Å². The average molecular weight is 356 g/mol. The van der Waals surface area contributed by atoms with Crippen LogP contribution in [0.4, 0.5) is 0 Å². The molecule has 134 valence electrons. The standard InChI is InChI=1S/C17H26ClN3O3/c1-23-13(11-19)10-17(22)20-12-16(21-6-8-24-9-7-21)14-4-2-3-5-15(14)18/h2-5,13,16H,6-12,19H2,1H3,(H,20,22). The summed E-state index contributed by atoms with van der Waals surface area (Å²) in [6.07, 6.45) is -0.00196. The lowest BCUT2D eigenvalue weighted by Gasteiger charge is -2.35. The molecule has 1 saturated heterocycles. The maximum Gasteiger partial charge on any atom is 0.222 e. The zero-order chi connectivity index (χ0) is 17.4. The van der Waals surface area contributed by atoms with E-state index in [1.165, 1.54) is 0 Å². The van der Waals surface area contributed by atoms with Crippen LogP contribution >= 0.6 is 11.6 Å². The van der Waals surface area contributed by atoms with Gasteiger partial charge < -0.3 is 20.5 Å². The highest BCUT2D eigenvalue weighted by molar-refractivity contribution is 6.31. The highest BCUT2D eigenvalue weighted by Crippen LogP contribution is 2.27. The van der Waals surface area contributed by atoms with E-state index in [4.69, 9.17) is 26.8 Å². The maximum absolute atomic E-state index is 12.2. The van der Waals surface area contributed by atoms with Crippen LogP contribution in [0.5, 0.6) is 0 Å². The van der Waals surface area contributed by atoms with Gasteiger partial charge in [-0.3, -0.25) is 9.69 Å². The van der Waals surface area contributed by atoms with Gasteiger partial charge in [-0.1, -0.05) is 29.8 Å². The van der Waals surface area contributed by atoms with Crippen molar-refractivity contribution in [2.45, 2.75) is 18.6 Å². The maximum atomic E-state index is 12.2. The van der Waals surface area contributed by atoms with Crippen molar-refractivity contribution in [1.82, 2.24) is 10.2 Å². The summed E-state index contributed by atoms with van der Waals surface area (Å²) in [4.78, 5) is 14.4. The molecule has 0 aliphatic carbocycles. The van der Waals surface area contributed by atoms with Crippen LogP contribution in [0.1, 0.15) is 18.0 Å². The topological polar surface area (TPSA) is 76.8 Å². The number of benzene rings is 1. The quantitative estimate of drug-likeness (QED) is 0.732. The minimum atomic E-state index is -0.257. The Labute approximate surface area is 148 Å². The van der Waals surface area contributed by atoms with Crippen molar-refractivity contribution in [3.05, 3.63) is 34.9 Å². The van der Waals surface area contributed by atoms with Crippen LogP contribution < -0.4 is 11.1 Å². The number of amides is 1. The third-order valence-electron chi connectivity index (χ3n) is 4.25. The third-order valence-corrected chi connectivity index (χ3v) is 4.60. The summed E-state index contributed by atoms with van der Waals surface area (Å²) >= 11 is 6.38. The fourth-order valence-electron chi connectivity index (χ4n) is 2.82. The van der Waals surface area contributed by atoms with E-state index in [9.17, 15) is 4.79 Å². The molecule has 1 aliphatic rings. The molecule has 1 amide bonds. The second kappa shape index (κ2) is 9.96. The van der Waals surface area contributed by atoms with Crippen LogP contribution in [-0.2, 0) is 14.3 Å². The summed E-state index contributed by atoms with van der Waals surface area (Å²) < 4.78 is 10.6. The molecule has 0 spiro atoms. The minimum absolute atomic E-state index is 0.0189. The fourth-order valence-corrected chi connectivity index (χ4v) is 3.08. The number of hydrogen-bond acceptors (Lipinski definition) is 5. The molecule has 2 atom stereocenters. The second-order valence-electron chi connectivity index (χ2n) is 5.79. The van der Waals surface area contributed by atoms with E-state index >= 15 is 0 Å². The predicted octanol–water partition coefficient (Wildman–Crippen LogP) is 1.19. The van der Waals surface area contributed by atoms with Gasteiger partial charge in [0.25, 0.3) is 0 Å². The summed E-state index contributed by atoms with van der Waals surface area (Å²) in [6.45, 7) is 3.82. The monoisotopic (exact) mass is 355 g/mol. The van der Waals surface area contributed by atoms with Gasteiger partial charge in [-0.2, -0.15) is 0 Å². The first-order chi connectivity index (χ1) is 11.7. The molecular weight excluding hydrogens is 330 g/mol. The van der Waals surface area contributed by atoms with Gasteiger partial charge in [-0.25, -0.2) is 0 Å². The first-order valence-electron chi connectivity index (χ1n) is 8.21. The molecule has 2 unspecified atom stereocenters. The molecular formula is C17H26ClN3O3. The molecule has 0 radical (unpaired) electrons. The van der Waals surface area contributed by atoms with Crippen LogP contribution in [0, 0.1) is 0 Å². The van der Waals surface area contributed by atoms with Crippen molar-refractivity contribution in [3.63, 3.8) is 0 Å². The van der Waals surface area contributed by atoms with Crippen molar-refractivity contribution < 1.29 is 14.3 Å². The van der Waals surface area contributed by atoms with Crippen molar-refractivity contribution in [2.24, 2.45) is 5.73 Å².